The van der Waals surface area contributed by atoms with E-state index < -0.39 is 11.5 Å². The third kappa shape index (κ3) is 6.36. The monoisotopic (exact) mass is 532 g/mol. The second kappa shape index (κ2) is 12.2. The van der Waals surface area contributed by atoms with Crippen molar-refractivity contribution in [1.82, 2.24) is 10.3 Å². The number of allylic oxidation sites excluding steroid dienone is 4. The third-order valence-corrected chi connectivity index (χ3v) is 7.48. The number of nitrogens with one attached hydrogen (secondary N) is 3. The number of hydrogen-bond donors (Lipinski definition) is 4. The molecule has 198 valence electrons. The fourth-order valence-corrected chi connectivity index (χ4v) is 5.02. The van der Waals surface area contributed by atoms with Gasteiger partial charge in [0, 0.05) is 60.0 Å². The van der Waals surface area contributed by atoms with E-state index in [2.05, 4.69) is 27.5 Å². The van der Waals surface area contributed by atoms with Crippen molar-refractivity contribution in [2.75, 3.05) is 30.4 Å². The number of benzene rings is 1. The zero-order chi connectivity index (χ0) is 27.1. The Kier molecular flexibility index (Phi) is 8.73. The highest BCUT2D eigenvalue weighted by atomic mass is 32.1. The van der Waals surface area contributed by atoms with Gasteiger partial charge in [-0.3, -0.25) is 9.59 Å². The van der Waals surface area contributed by atoms with Crippen molar-refractivity contribution in [1.29, 1.82) is 0 Å². The first-order chi connectivity index (χ1) is 18.3. The molecule has 1 saturated heterocycles. The first-order valence-electron chi connectivity index (χ1n) is 12.4. The quantitative estimate of drug-likeness (QED) is 0.280. The topological polar surface area (TPSA) is 113 Å². The van der Waals surface area contributed by atoms with Crippen molar-refractivity contribution in [3.8, 4) is 0 Å². The van der Waals surface area contributed by atoms with Crippen LogP contribution in [0.3, 0.4) is 0 Å². The molecule has 3 aromatic rings. The lowest BCUT2D eigenvalue weighted by Gasteiger charge is -2.32. The van der Waals surface area contributed by atoms with E-state index >= 15 is 0 Å². The van der Waals surface area contributed by atoms with Gasteiger partial charge in [-0.05, 0) is 37.6 Å². The van der Waals surface area contributed by atoms with Crippen LogP contribution in [0.2, 0.25) is 0 Å². The van der Waals surface area contributed by atoms with Gasteiger partial charge in [0.1, 0.15) is 0 Å². The fraction of sp³-hybridized carbons (Fsp3) is 0.276. The molecule has 38 heavy (non-hydrogen) atoms. The van der Waals surface area contributed by atoms with Gasteiger partial charge in [0.15, 0.2) is 5.82 Å². The minimum atomic E-state index is -1.01. The molecule has 0 bridgehead atoms. The molecule has 1 fully saturated rings. The maximum absolute atomic E-state index is 13.4. The summed E-state index contributed by atoms with van der Waals surface area (Å²) in [6.07, 6.45) is 7.76. The number of hydrogen-bond acceptors (Lipinski definition) is 7. The Balaban J connectivity index is 1.63. The van der Waals surface area contributed by atoms with Gasteiger partial charge < -0.3 is 25.8 Å². The number of carbonyl (C=O) groups excluding carboxylic acids is 2. The van der Waals surface area contributed by atoms with Crippen LogP contribution in [-0.2, 0) is 4.74 Å². The Morgan fingerprint density at radius 2 is 1.97 bits per heavy atom. The molecule has 3 heterocycles. The number of thiophene rings is 1. The number of ether oxygens (including phenoxy) is 1. The van der Waals surface area contributed by atoms with Crippen molar-refractivity contribution < 1.29 is 19.4 Å². The smallest absolute Gasteiger partial charge is 0.257 e. The highest BCUT2D eigenvalue weighted by Gasteiger charge is 2.30. The predicted octanol–water partition coefficient (Wildman–Crippen LogP) is 5.27. The molecule has 2 amide bonds. The zero-order valence-electron chi connectivity index (χ0n) is 21.5. The van der Waals surface area contributed by atoms with Gasteiger partial charge in [0.25, 0.3) is 11.8 Å². The molecule has 9 heteroatoms. The number of aliphatic hydroxyl groups is 1. The van der Waals surface area contributed by atoms with E-state index in [1.165, 1.54) is 17.5 Å². The number of aromatic nitrogens is 1. The lowest BCUT2D eigenvalue weighted by atomic mass is 9.94. The van der Waals surface area contributed by atoms with Crippen LogP contribution in [-0.4, -0.2) is 47.3 Å². The van der Waals surface area contributed by atoms with Crippen LogP contribution >= 0.6 is 11.3 Å². The molecule has 0 aliphatic carbocycles. The van der Waals surface area contributed by atoms with E-state index in [-0.39, 0.29) is 18.0 Å². The lowest BCUT2D eigenvalue weighted by molar-refractivity contribution is -0.0605. The molecule has 1 aromatic carbocycles. The van der Waals surface area contributed by atoms with E-state index in [9.17, 15) is 14.7 Å². The third-order valence-electron chi connectivity index (χ3n) is 6.52. The predicted molar refractivity (Wildman–Crippen MR) is 153 cm³/mol. The first-order valence-corrected chi connectivity index (χ1v) is 13.3. The van der Waals surface area contributed by atoms with Gasteiger partial charge in [-0.25, -0.2) is 4.98 Å². The summed E-state index contributed by atoms with van der Waals surface area (Å²) < 4.78 is 6.32. The van der Waals surface area contributed by atoms with Crippen molar-refractivity contribution in [2.24, 2.45) is 0 Å². The summed E-state index contributed by atoms with van der Waals surface area (Å²) in [5.41, 5.74) is 1.86. The maximum atomic E-state index is 13.4. The Morgan fingerprint density at radius 3 is 2.71 bits per heavy atom. The molecule has 1 aliphatic heterocycles. The minimum Gasteiger partial charge on any atom is -0.388 e. The summed E-state index contributed by atoms with van der Waals surface area (Å²) in [5, 5.41) is 22.4. The molecule has 4 N–H and O–H groups in total. The van der Waals surface area contributed by atoms with Gasteiger partial charge in [0.05, 0.1) is 22.4 Å². The highest BCUT2D eigenvalue weighted by molar-refractivity contribution is 7.17. The van der Waals surface area contributed by atoms with Gasteiger partial charge in [0.2, 0.25) is 0 Å². The number of pyridine rings is 1. The minimum absolute atomic E-state index is 0.102. The summed E-state index contributed by atoms with van der Waals surface area (Å²) in [4.78, 5) is 30.8. The summed E-state index contributed by atoms with van der Waals surface area (Å²) in [7, 11) is 0. The van der Waals surface area contributed by atoms with Crippen molar-refractivity contribution in [3.05, 3.63) is 89.1 Å². The average molecular weight is 533 g/mol. The second-order valence-electron chi connectivity index (χ2n) is 9.15. The Labute approximate surface area is 226 Å². The van der Waals surface area contributed by atoms with Gasteiger partial charge in [-0.1, -0.05) is 36.9 Å². The Bertz CT molecular complexity index is 1400. The molecule has 1 aliphatic rings. The number of anilines is 2. The van der Waals surface area contributed by atoms with E-state index in [4.69, 9.17) is 4.74 Å². The molecule has 0 atom stereocenters. The van der Waals surface area contributed by atoms with Crippen molar-refractivity contribution in [2.45, 2.75) is 32.3 Å². The number of carbonyl (C=O) groups is 2. The van der Waals surface area contributed by atoms with E-state index in [1.807, 2.05) is 55.6 Å². The van der Waals surface area contributed by atoms with E-state index in [0.717, 1.165) is 21.4 Å². The van der Waals surface area contributed by atoms with Gasteiger partial charge in [-0.2, -0.15) is 0 Å². The zero-order valence-corrected chi connectivity index (χ0v) is 22.4. The molecule has 2 aromatic heterocycles. The van der Waals surface area contributed by atoms with Gasteiger partial charge >= 0.3 is 0 Å². The summed E-state index contributed by atoms with van der Waals surface area (Å²) in [5.74, 6) is -0.322. The van der Waals surface area contributed by atoms with Crippen molar-refractivity contribution >= 4 is 44.7 Å². The molecule has 0 spiro atoms. The summed E-state index contributed by atoms with van der Waals surface area (Å²) >= 11 is 1.49. The number of rotatable bonds is 9. The lowest BCUT2D eigenvalue weighted by Crippen LogP contribution is -2.46. The average Bonchev–Trinajstić information content (AvgIpc) is 3.37. The molecule has 0 saturated carbocycles. The standard InChI is InChI=1S/C29H32N4O4S/c1-4-8-23(19(3)5-2)32-26-24(33-28(35)22-17-38-25-10-7-6-9-21(22)25)15-20(16-30-26)27(34)31-18-29(36)11-13-37-14-12-29/h4-10,15-17,36H,1,11-14,18H2,2-3H3,(H,30,32)(H,31,34)(H,33,35)/b19-5-,23-8+. The first kappa shape index (κ1) is 27.3. The summed E-state index contributed by atoms with van der Waals surface area (Å²) in [6, 6.07) is 9.28. The highest BCUT2D eigenvalue weighted by Crippen LogP contribution is 2.29. The maximum Gasteiger partial charge on any atom is 0.257 e. The van der Waals surface area contributed by atoms with E-state index in [0.29, 0.717) is 43.1 Å². The molecule has 0 unspecified atom stereocenters. The van der Waals surface area contributed by atoms with Crippen LogP contribution in [0.1, 0.15) is 47.4 Å². The SMILES string of the molecule is C=C/C=C(Nc1ncc(C(=O)NCC2(O)CCOCC2)cc1NC(=O)c1csc2ccccc12)\C(C)=C/C. The van der Waals surface area contributed by atoms with Crippen LogP contribution in [0.4, 0.5) is 11.5 Å². The van der Waals surface area contributed by atoms with Crippen LogP contribution < -0.4 is 16.0 Å². The van der Waals surface area contributed by atoms with E-state index in [1.54, 1.807) is 12.1 Å². The Morgan fingerprint density at radius 1 is 1.21 bits per heavy atom. The normalized spacial score (nSPS) is 15.7. The molecular weight excluding hydrogens is 500 g/mol. The molecule has 8 nitrogen and oxygen atoms in total. The summed E-state index contributed by atoms with van der Waals surface area (Å²) in [6.45, 7) is 8.65. The molecule has 4 rings (SSSR count). The van der Waals surface area contributed by atoms with Crippen molar-refractivity contribution in [3.63, 3.8) is 0 Å². The Hall–Kier alpha value is -3.79. The van der Waals surface area contributed by atoms with Crippen LogP contribution in [0.25, 0.3) is 10.1 Å². The van der Waals surface area contributed by atoms with Crippen LogP contribution in [0, 0.1) is 0 Å². The number of fused-ring (bicyclic) bond motifs is 1. The van der Waals surface area contributed by atoms with Gasteiger partial charge in [-0.15, -0.1) is 11.3 Å². The van der Waals surface area contributed by atoms with Crippen LogP contribution in [0.5, 0.6) is 0 Å². The molecular formula is C29H32N4O4S. The van der Waals surface area contributed by atoms with Crippen LogP contribution in [0.15, 0.2) is 78.0 Å². The second-order valence-corrected chi connectivity index (χ2v) is 10.1. The largest absolute Gasteiger partial charge is 0.388 e. The number of nitrogens with zero attached hydrogens (tertiary/aromatic N) is 1. The molecule has 0 radical (unpaired) electrons. The number of amides is 2. The fourth-order valence-electron chi connectivity index (χ4n) is 4.07.